The van der Waals surface area contributed by atoms with E-state index in [2.05, 4.69) is 18.2 Å². The highest BCUT2D eigenvalue weighted by Crippen LogP contribution is 2.30. The first kappa shape index (κ1) is 15.4. The van der Waals surface area contributed by atoms with E-state index < -0.39 is 5.60 Å². The van der Waals surface area contributed by atoms with Gasteiger partial charge in [0.2, 0.25) is 0 Å². The van der Waals surface area contributed by atoms with Gasteiger partial charge < -0.3 is 9.64 Å². The number of likely N-dealkylation sites (tertiary alicyclic amines) is 1. The number of carbonyl (C=O) groups excluding carboxylic acids is 1. The molecule has 0 radical (unpaired) electrons. The Labute approximate surface area is 126 Å². The van der Waals surface area contributed by atoms with Gasteiger partial charge in [0.15, 0.2) is 0 Å². The van der Waals surface area contributed by atoms with Gasteiger partial charge in [0.25, 0.3) is 0 Å². The largest absolute Gasteiger partial charge is 0.444 e. The van der Waals surface area contributed by atoms with Crippen molar-refractivity contribution in [2.24, 2.45) is 5.92 Å². The quantitative estimate of drug-likeness (QED) is 0.793. The highest BCUT2D eigenvalue weighted by Gasteiger charge is 2.33. The SMILES string of the molecule is CC(C)(C)OC(=O)N1CC(C#N)CC(c2ccccc2)C1. The van der Waals surface area contributed by atoms with Crippen LogP contribution in [0.4, 0.5) is 4.79 Å². The standard InChI is InChI=1S/C17H22N2O2/c1-17(2,3)21-16(20)19-11-13(10-18)9-15(12-19)14-7-5-4-6-8-14/h4-8,13,15H,9,11-12H2,1-3H3. The van der Waals surface area contributed by atoms with Crippen molar-refractivity contribution >= 4 is 6.09 Å². The Morgan fingerprint density at radius 2 is 1.95 bits per heavy atom. The van der Waals surface area contributed by atoms with E-state index in [0.29, 0.717) is 13.1 Å². The van der Waals surface area contributed by atoms with Crippen LogP contribution < -0.4 is 0 Å². The second kappa shape index (κ2) is 6.17. The summed E-state index contributed by atoms with van der Waals surface area (Å²) in [6, 6.07) is 12.4. The maximum Gasteiger partial charge on any atom is 0.410 e. The molecule has 0 aromatic heterocycles. The van der Waals surface area contributed by atoms with Gasteiger partial charge in [0, 0.05) is 19.0 Å². The van der Waals surface area contributed by atoms with Crippen molar-refractivity contribution in [1.82, 2.24) is 4.90 Å². The number of amides is 1. The number of rotatable bonds is 1. The number of hydrogen-bond donors (Lipinski definition) is 0. The monoisotopic (exact) mass is 286 g/mol. The number of hydrogen-bond acceptors (Lipinski definition) is 3. The third kappa shape index (κ3) is 4.22. The smallest absolute Gasteiger partial charge is 0.410 e. The third-order valence-corrected chi connectivity index (χ3v) is 3.56. The first-order valence-corrected chi connectivity index (χ1v) is 7.31. The third-order valence-electron chi connectivity index (χ3n) is 3.56. The topological polar surface area (TPSA) is 53.3 Å². The molecule has 1 fully saturated rings. The number of piperidine rings is 1. The van der Waals surface area contributed by atoms with Crippen LogP contribution in [0.1, 0.15) is 38.7 Å². The lowest BCUT2D eigenvalue weighted by molar-refractivity contribution is 0.0168. The minimum absolute atomic E-state index is 0.142. The average molecular weight is 286 g/mol. The van der Waals surface area contributed by atoms with E-state index in [-0.39, 0.29) is 17.9 Å². The Kier molecular flexibility index (Phi) is 4.52. The van der Waals surface area contributed by atoms with Crippen molar-refractivity contribution in [3.8, 4) is 6.07 Å². The van der Waals surface area contributed by atoms with Crippen LogP contribution in [0.15, 0.2) is 30.3 Å². The summed E-state index contributed by atoms with van der Waals surface area (Å²) in [5, 5.41) is 9.26. The fourth-order valence-corrected chi connectivity index (χ4v) is 2.63. The Balaban J connectivity index is 2.13. The maximum absolute atomic E-state index is 12.2. The fraction of sp³-hybridized carbons (Fsp3) is 0.529. The van der Waals surface area contributed by atoms with E-state index in [9.17, 15) is 10.1 Å². The summed E-state index contributed by atoms with van der Waals surface area (Å²) in [7, 11) is 0. The molecule has 1 aromatic carbocycles. The van der Waals surface area contributed by atoms with Crippen LogP contribution >= 0.6 is 0 Å². The normalized spacial score (nSPS) is 22.5. The van der Waals surface area contributed by atoms with Gasteiger partial charge in [-0.15, -0.1) is 0 Å². The molecule has 1 aromatic rings. The number of carbonyl (C=O) groups is 1. The molecule has 112 valence electrons. The lowest BCUT2D eigenvalue weighted by Crippen LogP contribution is -2.45. The zero-order valence-corrected chi connectivity index (χ0v) is 12.9. The zero-order chi connectivity index (χ0) is 15.5. The molecule has 1 amide bonds. The van der Waals surface area contributed by atoms with Gasteiger partial charge in [-0.1, -0.05) is 30.3 Å². The second-order valence-electron chi connectivity index (χ2n) is 6.55. The maximum atomic E-state index is 12.2. The van der Waals surface area contributed by atoms with E-state index in [0.717, 1.165) is 6.42 Å². The summed E-state index contributed by atoms with van der Waals surface area (Å²) in [4.78, 5) is 13.9. The van der Waals surface area contributed by atoms with Crippen molar-refractivity contribution in [3.05, 3.63) is 35.9 Å². The Morgan fingerprint density at radius 3 is 2.52 bits per heavy atom. The molecule has 1 saturated heterocycles. The molecule has 0 N–H and O–H groups in total. The average Bonchev–Trinajstić information content (AvgIpc) is 2.46. The highest BCUT2D eigenvalue weighted by atomic mass is 16.6. The van der Waals surface area contributed by atoms with Crippen LogP contribution in [0.25, 0.3) is 0 Å². The molecule has 0 aliphatic carbocycles. The number of nitriles is 1. The summed E-state index contributed by atoms with van der Waals surface area (Å²) in [5.74, 6) is 0.0496. The predicted octanol–water partition coefficient (Wildman–Crippen LogP) is 3.55. The molecule has 2 unspecified atom stereocenters. The fourth-order valence-electron chi connectivity index (χ4n) is 2.63. The van der Waals surface area contributed by atoms with Crippen LogP contribution in [-0.2, 0) is 4.74 Å². The first-order valence-electron chi connectivity index (χ1n) is 7.31. The molecule has 21 heavy (non-hydrogen) atoms. The number of nitrogens with zero attached hydrogens (tertiary/aromatic N) is 2. The minimum Gasteiger partial charge on any atom is -0.444 e. The van der Waals surface area contributed by atoms with Gasteiger partial charge in [-0.2, -0.15) is 5.26 Å². The van der Waals surface area contributed by atoms with E-state index in [1.165, 1.54) is 5.56 Å². The number of ether oxygens (including phenoxy) is 1. The molecule has 0 saturated carbocycles. The predicted molar refractivity (Wildman–Crippen MR) is 80.7 cm³/mol. The van der Waals surface area contributed by atoms with Gasteiger partial charge in [-0.05, 0) is 32.8 Å². The molecule has 4 heteroatoms. The molecular formula is C17H22N2O2. The molecule has 1 aliphatic heterocycles. The summed E-state index contributed by atoms with van der Waals surface area (Å²) in [5.41, 5.74) is 0.657. The van der Waals surface area contributed by atoms with Crippen LogP contribution in [-0.4, -0.2) is 29.7 Å². The van der Waals surface area contributed by atoms with Crippen LogP contribution in [0.5, 0.6) is 0 Å². The molecule has 0 bridgehead atoms. The second-order valence-corrected chi connectivity index (χ2v) is 6.55. The lowest BCUT2D eigenvalue weighted by atomic mass is 9.85. The van der Waals surface area contributed by atoms with Crippen LogP contribution in [0.3, 0.4) is 0 Å². The van der Waals surface area contributed by atoms with E-state index in [4.69, 9.17) is 4.74 Å². The van der Waals surface area contributed by atoms with Gasteiger partial charge in [0.1, 0.15) is 5.60 Å². The number of benzene rings is 1. The van der Waals surface area contributed by atoms with Crippen molar-refractivity contribution in [2.45, 2.75) is 38.7 Å². The molecule has 2 atom stereocenters. The van der Waals surface area contributed by atoms with Crippen LogP contribution in [0.2, 0.25) is 0 Å². The van der Waals surface area contributed by atoms with Crippen molar-refractivity contribution in [1.29, 1.82) is 5.26 Å². The van der Waals surface area contributed by atoms with Crippen LogP contribution in [0, 0.1) is 17.2 Å². The molecule has 1 aliphatic rings. The van der Waals surface area contributed by atoms with Crippen molar-refractivity contribution in [3.63, 3.8) is 0 Å². The minimum atomic E-state index is -0.515. The lowest BCUT2D eigenvalue weighted by Gasteiger charge is -2.36. The molecule has 4 nitrogen and oxygen atoms in total. The Hall–Kier alpha value is -2.02. The van der Waals surface area contributed by atoms with Crippen molar-refractivity contribution < 1.29 is 9.53 Å². The summed E-state index contributed by atoms with van der Waals surface area (Å²) in [6.07, 6.45) is 0.461. The summed E-state index contributed by atoms with van der Waals surface area (Å²) >= 11 is 0. The first-order chi connectivity index (χ1) is 9.89. The molecule has 1 heterocycles. The molecule has 2 rings (SSSR count). The molecule has 0 spiro atoms. The van der Waals surface area contributed by atoms with Gasteiger partial charge in [-0.3, -0.25) is 0 Å². The highest BCUT2D eigenvalue weighted by molar-refractivity contribution is 5.68. The van der Waals surface area contributed by atoms with E-state index in [1.54, 1.807) is 4.90 Å². The van der Waals surface area contributed by atoms with Crippen molar-refractivity contribution in [2.75, 3.05) is 13.1 Å². The Morgan fingerprint density at radius 1 is 1.29 bits per heavy atom. The van der Waals surface area contributed by atoms with Gasteiger partial charge in [-0.25, -0.2) is 4.79 Å². The summed E-state index contributed by atoms with van der Waals surface area (Å²) in [6.45, 7) is 6.62. The van der Waals surface area contributed by atoms with Gasteiger partial charge >= 0.3 is 6.09 Å². The van der Waals surface area contributed by atoms with E-state index >= 15 is 0 Å². The Bertz CT molecular complexity index is 528. The van der Waals surface area contributed by atoms with E-state index in [1.807, 2.05) is 39.0 Å². The molecular weight excluding hydrogens is 264 g/mol. The zero-order valence-electron chi connectivity index (χ0n) is 12.9. The van der Waals surface area contributed by atoms with Gasteiger partial charge in [0.05, 0.1) is 12.0 Å². The summed E-state index contributed by atoms with van der Waals surface area (Å²) < 4.78 is 5.43.